The van der Waals surface area contributed by atoms with Gasteiger partial charge in [-0.3, -0.25) is 9.59 Å². The second-order valence-electron chi connectivity index (χ2n) is 11.6. The Labute approximate surface area is 252 Å². The molecule has 0 spiro atoms. The van der Waals surface area contributed by atoms with Crippen molar-refractivity contribution in [1.82, 2.24) is 0 Å². The highest BCUT2D eigenvalue weighted by atomic mass is 32.1. The molecule has 218 valence electrons. The van der Waals surface area contributed by atoms with E-state index in [-0.39, 0.29) is 10.9 Å². The zero-order chi connectivity index (χ0) is 30.7. The Morgan fingerprint density at radius 1 is 0.524 bits per heavy atom. The second kappa shape index (κ2) is 13.0. The van der Waals surface area contributed by atoms with E-state index in [2.05, 4.69) is 72.7 Å². The average molecular weight is 579 g/mol. The van der Waals surface area contributed by atoms with Gasteiger partial charge < -0.3 is 4.42 Å². The van der Waals surface area contributed by atoms with E-state index in [0.29, 0.717) is 39.7 Å². The van der Waals surface area contributed by atoms with Crippen LogP contribution in [-0.4, -0.2) is 0 Å². The maximum atomic E-state index is 12.7. The first kappa shape index (κ1) is 31.2. The van der Waals surface area contributed by atoms with E-state index in [1.54, 1.807) is 11.3 Å². The quantitative estimate of drug-likeness (QED) is 0.196. The molecule has 0 amide bonds. The van der Waals surface area contributed by atoms with Gasteiger partial charge in [-0.2, -0.15) is 0 Å². The van der Waals surface area contributed by atoms with Gasteiger partial charge in [0.2, 0.25) is 5.43 Å². The van der Waals surface area contributed by atoms with Gasteiger partial charge in [-0.1, -0.05) is 79.7 Å². The fourth-order valence-corrected chi connectivity index (χ4v) is 6.10. The zero-order valence-corrected chi connectivity index (χ0v) is 27.1. The number of benzene rings is 4. The van der Waals surface area contributed by atoms with Crippen molar-refractivity contribution in [3.05, 3.63) is 115 Å². The Bertz CT molecular complexity index is 1990. The van der Waals surface area contributed by atoms with Gasteiger partial charge >= 0.3 is 0 Å². The van der Waals surface area contributed by atoms with Crippen molar-refractivity contribution in [2.45, 2.75) is 80.1 Å². The van der Waals surface area contributed by atoms with Crippen molar-refractivity contribution in [2.75, 3.05) is 0 Å². The summed E-state index contributed by atoms with van der Waals surface area (Å²) < 4.78 is 8.11. The molecule has 6 aromatic rings. The Hall–Kier alpha value is -3.76. The second-order valence-corrected chi connectivity index (χ2v) is 12.7. The van der Waals surface area contributed by atoms with Crippen LogP contribution in [0.25, 0.3) is 42.1 Å². The Morgan fingerprint density at radius 3 is 1.69 bits per heavy atom. The molecule has 0 saturated carbocycles. The number of hydrogen-bond donors (Lipinski definition) is 0. The summed E-state index contributed by atoms with van der Waals surface area (Å²) in [6, 6.07) is 24.1. The van der Waals surface area contributed by atoms with Crippen LogP contribution in [0.4, 0.5) is 0 Å². The van der Waals surface area contributed by atoms with E-state index in [1.807, 2.05) is 62.4 Å². The highest BCUT2D eigenvalue weighted by Crippen LogP contribution is 2.28. The molecule has 4 aromatic carbocycles. The van der Waals surface area contributed by atoms with Gasteiger partial charge in [0.15, 0.2) is 5.43 Å². The monoisotopic (exact) mass is 578 g/mol. The molecule has 0 radical (unpaired) electrons. The van der Waals surface area contributed by atoms with Crippen molar-refractivity contribution >= 4 is 53.4 Å². The SMILES string of the molecule is CC.CC(C)c1ccc2c(=O)c3cc(C(C)C)ccc3oc2c1.Cc1ccc2c(=O)c3cc(C(C)C)ccc3sc2c1. The molecule has 0 aliphatic carbocycles. The molecule has 0 saturated heterocycles. The standard InChI is InChI=1S/C19H20O2.C17H16OS.C2H6/c1-11(2)13-6-8-17-16(9-13)19(20)15-7-5-14(12(3)4)10-18(15)21-17;1-10(2)12-5-7-15-14(9-12)17(18)13-6-4-11(3)8-16(13)19-15;1-2/h5-12H,1-4H3;4-10H,1-3H3;1-2H3. The smallest absolute Gasteiger partial charge is 0.200 e. The van der Waals surface area contributed by atoms with Gasteiger partial charge in [-0.25, -0.2) is 0 Å². The molecule has 0 unspecified atom stereocenters. The van der Waals surface area contributed by atoms with Crippen LogP contribution in [0.15, 0.2) is 86.8 Å². The van der Waals surface area contributed by atoms with Crippen LogP contribution in [0.5, 0.6) is 0 Å². The molecular weight excluding hydrogens is 536 g/mol. The number of hydrogen-bond acceptors (Lipinski definition) is 4. The third kappa shape index (κ3) is 6.34. The van der Waals surface area contributed by atoms with E-state index in [0.717, 1.165) is 25.7 Å². The molecule has 0 aliphatic rings. The van der Waals surface area contributed by atoms with Crippen molar-refractivity contribution in [3.63, 3.8) is 0 Å². The molecular formula is C38H42O3S. The first-order valence-electron chi connectivity index (χ1n) is 15.0. The topological polar surface area (TPSA) is 47.3 Å². The Kier molecular flexibility index (Phi) is 9.68. The molecule has 3 nitrogen and oxygen atoms in total. The Balaban J connectivity index is 0.000000183. The van der Waals surface area contributed by atoms with Crippen molar-refractivity contribution in [3.8, 4) is 0 Å². The summed E-state index contributed by atoms with van der Waals surface area (Å²) in [6.45, 7) is 18.9. The molecule has 0 bridgehead atoms. The third-order valence-corrected chi connectivity index (χ3v) is 8.70. The average Bonchev–Trinajstić information content (AvgIpc) is 2.98. The van der Waals surface area contributed by atoms with Gasteiger partial charge in [-0.05, 0) is 95.5 Å². The summed E-state index contributed by atoms with van der Waals surface area (Å²) in [5.74, 6) is 1.26. The molecule has 0 aliphatic heterocycles. The molecule has 42 heavy (non-hydrogen) atoms. The van der Waals surface area contributed by atoms with Crippen molar-refractivity contribution < 1.29 is 4.42 Å². The lowest BCUT2D eigenvalue weighted by Crippen LogP contribution is -2.03. The summed E-state index contributed by atoms with van der Waals surface area (Å²) in [4.78, 5) is 25.3. The van der Waals surface area contributed by atoms with Crippen LogP contribution in [0.3, 0.4) is 0 Å². The third-order valence-electron chi connectivity index (χ3n) is 7.57. The first-order valence-corrected chi connectivity index (χ1v) is 15.8. The fraction of sp³-hybridized carbons (Fsp3) is 0.316. The van der Waals surface area contributed by atoms with Crippen molar-refractivity contribution in [1.29, 1.82) is 0 Å². The lowest BCUT2D eigenvalue weighted by Gasteiger charge is -2.09. The van der Waals surface area contributed by atoms with Gasteiger partial charge in [0.1, 0.15) is 11.2 Å². The molecule has 2 heterocycles. The maximum absolute atomic E-state index is 12.7. The van der Waals surface area contributed by atoms with Gasteiger partial charge in [-0.15, -0.1) is 11.3 Å². The zero-order valence-electron chi connectivity index (χ0n) is 26.3. The first-order chi connectivity index (χ1) is 20.0. The number of aryl methyl sites for hydroxylation is 1. The van der Waals surface area contributed by atoms with Crippen LogP contribution in [-0.2, 0) is 0 Å². The van der Waals surface area contributed by atoms with Crippen LogP contribution in [0, 0.1) is 6.92 Å². The minimum Gasteiger partial charge on any atom is -0.456 e. The molecule has 0 fully saturated rings. The summed E-state index contributed by atoms with van der Waals surface area (Å²) in [5, 5.41) is 3.02. The predicted molar refractivity (Wildman–Crippen MR) is 184 cm³/mol. The number of rotatable bonds is 3. The molecule has 6 rings (SSSR count). The number of fused-ring (bicyclic) bond motifs is 4. The van der Waals surface area contributed by atoms with Crippen LogP contribution < -0.4 is 10.9 Å². The largest absolute Gasteiger partial charge is 0.456 e. The van der Waals surface area contributed by atoms with Gasteiger partial charge in [0.25, 0.3) is 0 Å². The summed E-state index contributed by atoms with van der Waals surface area (Å²) >= 11 is 1.70. The van der Waals surface area contributed by atoms with Gasteiger partial charge in [0.05, 0.1) is 10.8 Å². The Morgan fingerprint density at radius 2 is 1.05 bits per heavy atom. The van der Waals surface area contributed by atoms with E-state index in [4.69, 9.17) is 4.42 Å². The van der Waals surface area contributed by atoms with Crippen LogP contribution in [0.1, 0.15) is 95.4 Å². The van der Waals surface area contributed by atoms with Crippen molar-refractivity contribution in [2.24, 2.45) is 0 Å². The lowest BCUT2D eigenvalue weighted by atomic mass is 9.99. The lowest BCUT2D eigenvalue weighted by molar-refractivity contribution is 0.657. The molecule has 0 N–H and O–H groups in total. The van der Waals surface area contributed by atoms with Crippen LogP contribution in [0.2, 0.25) is 0 Å². The fourth-order valence-electron chi connectivity index (χ4n) is 4.95. The summed E-state index contributed by atoms with van der Waals surface area (Å²) in [6.07, 6.45) is 0. The molecule has 0 atom stereocenters. The minimum atomic E-state index is 0.0593. The summed E-state index contributed by atoms with van der Waals surface area (Å²) in [7, 11) is 0. The van der Waals surface area contributed by atoms with E-state index < -0.39 is 0 Å². The minimum absolute atomic E-state index is 0.0593. The van der Waals surface area contributed by atoms with E-state index >= 15 is 0 Å². The van der Waals surface area contributed by atoms with Gasteiger partial charge in [0, 0.05) is 20.2 Å². The summed E-state index contributed by atoms with van der Waals surface area (Å²) in [5.41, 5.74) is 6.32. The predicted octanol–water partition coefficient (Wildman–Crippen LogP) is 11.1. The molecule has 2 aromatic heterocycles. The van der Waals surface area contributed by atoms with E-state index in [9.17, 15) is 9.59 Å². The maximum Gasteiger partial charge on any atom is 0.200 e. The molecule has 4 heteroatoms. The highest BCUT2D eigenvalue weighted by molar-refractivity contribution is 7.24. The highest BCUT2D eigenvalue weighted by Gasteiger charge is 2.11. The van der Waals surface area contributed by atoms with Crippen LogP contribution >= 0.6 is 11.3 Å². The normalized spacial score (nSPS) is 11.3. The van der Waals surface area contributed by atoms with E-state index in [1.165, 1.54) is 16.7 Å².